The van der Waals surface area contributed by atoms with Crippen molar-refractivity contribution in [2.45, 2.75) is 82.2 Å². The fraction of sp³-hybridized carbons (Fsp3) is 0.341. The number of nitrogens with zero attached hydrogens (tertiary/aromatic N) is 2. The Morgan fingerprint density at radius 2 is 1.51 bits per heavy atom. The summed E-state index contributed by atoms with van der Waals surface area (Å²) in [6.45, 7) is 1.34. The lowest BCUT2D eigenvalue weighted by Crippen LogP contribution is -2.60. The van der Waals surface area contributed by atoms with E-state index in [2.05, 4.69) is 41.6 Å². The molecule has 0 fully saturated rings. The number of rotatable bonds is 22. The van der Waals surface area contributed by atoms with Gasteiger partial charge in [0.15, 0.2) is 0 Å². The first-order valence-electron chi connectivity index (χ1n) is 20.8. The first kappa shape index (κ1) is 49.3. The molecule has 0 saturated heterocycles. The maximum Gasteiger partial charge on any atom is 0.337 e. The Morgan fingerprint density at radius 1 is 0.815 bits per heavy atom. The van der Waals surface area contributed by atoms with Crippen LogP contribution in [0, 0.1) is 0 Å². The molecule has 2 heterocycles. The van der Waals surface area contributed by atoms with Gasteiger partial charge in [0.2, 0.25) is 23.6 Å². The Kier molecular flexibility index (Phi) is 18.1. The fourth-order valence-electron chi connectivity index (χ4n) is 6.92. The van der Waals surface area contributed by atoms with E-state index in [4.69, 9.17) is 45.1 Å². The number of methoxy groups -OCH3 is 1. The highest BCUT2D eigenvalue weighted by molar-refractivity contribution is 6.35. The van der Waals surface area contributed by atoms with Crippen LogP contribution < -0.4 is 48.6 Å². The molecule has 3 aromatic carbocycles. The second-order valence-electron chi connectivity index (χ2n) is 15.3. The van der Waals surface area contributed by atoms with Crippen molar-refractivity contribution in [3.63, 3.8) is 0 Å². The molecule has 19 nitrogen and oxygen atoms in total. The van der Waals surface area contributed by atoms with Crippen LogP contribution in [0.3, 0.4) is 0 Å². The third kappa shape index (κ3) is 14.2. The quantitative estimate of drug-likeness (QED) is 0.0357. The summed E-state index contributed by atoms with van der Waals surface area (Å²) in [5.74, 6) is -3.54. The summed E-state index contributed by atoms with van der Waals surface area (Å²) in [4.78, 5) is 92.2. The highest BCUT2D eigenvalue weighted by Gasteiger charge is 2.32. The highest BCUT2D eigenvalue weighted by Crippen LogP contribution is 2.32. The fourth-order valence-corrected chi connectivity index (χ4v) is 7.45. The van der Waals surface area contributed by atoms with Crippen LogP contribution in [0.2, 0.25) is 10.0 Å². The lowest BCUT2D eigenvalue weighted by Gasteiger charge is -2.29. The number of halogens is 2. The second kappa shape index (κ2) is 23.9. The number of hydrogen-bond acceptors (Lipinski definition) is 10. The van der Waals surface area contributed by atoms with Crippen LogP contribution in [0.1, 0.15) is 48.6 Å². The summed E-state index contributed by atoms with van der Waals surface area (Å²) < 4.78 is 5.51. The molecule has 0 saturated carbocycles. The van der Waals surface area contributed by atoms with Crippen molar-refractivity contribution in [2.24, 2.45) is 17.2 Å². The largest absolute Gasteiger partial charge is 0.496 e. The number of fused-ring (bicyclic) bond motifs is 1. The van der Waals surface area contributed by atoms with E-state index in [9.17, 15) is 28.8 Å². The van der Waals surface area contributed by atoms with Crippen LogP contribution in [0.5, 0.6) is 5.75 Å². The van der Waals surface area contributed by atoms with Crippen LogP contribution >= 0.6 is 23.2 Å². The summed E-state index contributed by atoms with van der Waals surface area (Å²) in [5.41, 5.74) is 23.1. The molecule has 0 aliphatic rings. The number of urea groups is 1. The molecule has 0 aliphatic heterocycles. The summed E-state index contributed by atoms with van der Waals surface area (Å²) in [6, 6.07) is 12.2. The van der Waals surface area contributed by atoms with E-state index < -0.39 is 72.3 Å². The number of aromatic amines is 2. The van der Waals surface area contributed by atoms with Gasteiger partial charge in [-0.3, -0.25) is 29.4 Å². The molecule has 7 amide bonds. The van der Waals surface area contributed by atoms with E-state index in [1.807, 2.05) is 24.3 Å². The van der Waals surface area contributed by atoms with Crippen molar-refractivity contribution in [3.8, 4) is 5.75 Å². The second-order valence-corrected chi connectivity index (χ2v) is 16.2. The maximum atomic E-state index is 14.4. The molecule has 0 aliphatic carbocycles. The zero-order valence-corrected chi connectivity index (χ0v) is 37.4. The smallest absolute Gasteiger partial charge is 0.337 e. The number of hydrazine groups is 1. The lowest BCUT2D eigenvalue weighted by atomic mass is 10.0. The molecule has 65 heavy (non-hydrogen) atoms. The predicted molar refractivity (Wildman–Crippen MR) is 245 cm³/mol. The first-order chi connectivity index (χ1) is 31.2. The predicted octanol–water partition coefficient (Wildman–Crippen LogP) is 2.26. The average molecular weight is 934 g/mol. The molecule has 5 aromatic rings. The van der Waals surface area contributed by atoms with Crippen molar-refractivity contribution in [2.75, 3.05) is 13.7 Å². The topological polar surface area (TPSA) is 298 Å². The van der Waals surface area contributed by atoms with Gasteiger partial charge in [0, 0.05) is 58.8 Å². The number of nitrogens with two attached hydrogens (primary N) is 3. The van der Waals surface area contributed by atoms with Gasteiger partial charge in [0.25, 0.3) is 5.91 Å². The Balaban J connectivity index is 1.40. The van der Waals surface area contributed by atoms with Gasteiger partial charge >= 0.3 is 6.03 Å². The molecular weight excluding hydrogens is 879 g/mol. The number of aromatic nitrogens is 3. The molecule has 5 rings (SSSR count). The molecule has 346 valence electrons. The van der Waals surface area contributed by atoms with Crippen LogP contribution in [0.4, 0.5) is 4.79 Å². The molecular formula is C44H54Cl2N12O7. The Labute approximate surface area is 385 Å². The van der Waals surface area contributed by atoms with E-state index in [0.717, 1.165) is 15.9 Å². The van der Waals surface area contributed by atoms with E-state index in [0.29, 0.717) is 36.2 Å². The van der Waals surface area contributed by atoms with Crippen molar-refractivity contribution >= 4 is 69.7 Å². The summed E-state index contributed by atoms with van der Waals surface area (Å²) in [5, 5.41) is 12.7. The standard InChI is InChI=1S/C44H54Cl2N12O7/c1-25(53-42(62)37(17-27-21-51-34-13-7-6-12-30(27)34)55-41(61)33(48)20-29-22-50-24-52-29)40(60)57-58(23-31-32(46)18-28(45)19-38(31)65-2)44(64)56-36(16-26-10-4-3-5-11-26)43(63)54-35(39(49)59)14-8-9-15-47/h3-7,10-13,18-19,21-22,24-25,33,35-37,51H,8-9,14-17,20,23,47-48H2,1-2H3,(H2,49,59)(H,50,52)(H,53,62)(H,54,63)(H,55,61)(H,56,64)(H,57,60)/t25-,33-,35-,36+,37+/m0/s1. The molecule has 0 unspecified atom stereocenters. The van der Waals surface area contributed by atoms with Gasteiger partial charge in [0.1, 0.15) is 29.9 Å². The number of carbonyl (C=O) groups is 6. The first-order valence-corrected chi connectivity index (χ1v) is 21.6. The number of unbranched alkanes of at least 4 members (excludes halogenated alkanes) is 1. The SMILES string of the molecule is COc1cc(Cl)cc(Cl)c1CN(NC(=O)[C@H](C)NC(=O)[C@@H](Cc1c[nH]c2ccccc12)NC(=O)[C@@H](N)Cc1cnc[nH]1)C(=O)N[C@H](Cc1ccccc1)C(=O)N[C@@H](CCCCN)C(N)=O. The Morgan fingerprint density at radius 3 is 2.20 bits per heavy atom. The molecule has 0 bridgehead atoms. The number of imidazole rings is 1. The molecule has 21 heteroatoms. The number of carbonyl (C=O) groups excluding carboxylic acids is 6. The average Bonchev–Trinajstić information content (AvgIpc) is 3.96. The summed E-state index contributed by atoms with van der Waals surface area (Å²) in [7, 11) is 1.37. The Hall–Kier alpha value is -6.67. The lowest BCUT2D eigenvalue weighted by molar-refractivity contribution is -0.133. The number of amides is 7. The number of benzene rings is 3. The molecule has 0 spiro atoms. The number of nitrogens with one attached hydrogen (secondary N) is 7. The number of hydrogen-bond donors (Lipinski definition) is 10. The van der Waals surface area contributed by atoms with Crippen LogP contribution in [0.15, 0.2) is 85.5 Å². The monoisotopic (exact) mass is 932 g/mol. The third-order valence-corrected chi connectivity index (χ3v) is 11.0. The van der Waals surface area contributed by atoms with E-state index >= 15 is 0 Å². The molecule has 2 aromatic heterocycles. The van der Waals surface area contributed by atoms with Crippen molar-refractivity contribution in [1.82, 2.24) is 46.7 Å². The van der Waals surface area contributed by atoms with Gasteiger partial charge in [-0.25, -0.2) is 14.8 Å². The number of para-hydroxylation sites is 1. The highest BCUT2D eigenvalue weighted by atomic mass is 35.5. The van der Waals surface area contributed by atoms with Crippen LogP contribution in [0.25, 0.3) is 10.9 Å². The van der Waals surface area contributed by atoms with Gasteiger partial charge in [0.05, 0.1) is 31.0 Å². The normalized spacial score (nSPS) is 13.4. The van der Waals surface area contributed by atoms with Crippen molar-refractivity contribution in [3.05, 3.63) is 118 Å². The van der Waals surface area contributed by atoms with Crippen LogP contribution in [-0.4, -0.2) is 99.4 Å². The summed E-state index contributed by atoms with van der Waals surface area (Å²) >= 11 is 12.9. The van der Waals surface area contributed by atoms with E-state index in [-0.39, 0.29) is 47.0 Å². The zero-order chi connectivity index (χ0) is 47.0. The number of ether oxygens (including phenoxy) is 1. The van der Waals surface area contributed by atoms with Gasteiger partial charge in [-0.15, -0.1) is 0 Å². The molecule has 13 N–H and O–H groups in total. The Bertz CT molecular complexity index is 2420. The van der Waals surface area contributed by atoms with E-state index in [1.54, 1.807) is 36.5 Å². The zero-order valence-electron chi connectivity index (χ0n) is 35.9. The van der Waals surface area contributed by atoms with Gasteiger partial charge in [-0.1, -0.05) is 71.7 Å². The van der Waals surface area contributed by atoms with E-state index in [1.165, 1.54) is 38.7 Å². The van der Waals surface area contributed by atoms with Crippen molar-refractivity contribution in [1.29, 1.82) is 0 Å². The number of H-pyrrole nitrogens is 2. The van der Waals surface area contributed by atoms with Crippen LogP contribution in [-0.2, 0) is 49.8 Å². The molecule has 5 atom stereocenters. The van der Waals surface area contributed by atoms with Gasteiger partial charge < -0.3 is 53.2 Å². The van der Waals surface area contributed by atoms with Gasteiger partial charge in [-0.05, 0) is 62.1 Å². The minimum atomic E-state index is -1.32. The van der Waals surface area contributed by atoms with Crippen molar-refractivity contribution < 1.29 is 33.5 Å². The summed E-state index contributed by atoms with van der Waals surface area (Å²) in [6.07, 6.45) is 6.14. The third-order valence-electron chi connectivity index (χ3n) is 10.5. The number of primary amides is 1. The minimum Gasteiger partial charge on any atom is -0.496 e. The molecule has 0 radical (unpaired) electrons. The maximum absolute atomic E-state index is 14.4. The minimum absolute atomic E-state index is 0.0184. The van der Waals surface area contributed by atoms with Gasteiger partial charge in [-0.2, -0.15) is 0 Å².